The van der Waals surface area contributed by atoms with E-state index in [1.165, 1.54) is 0 Å². The third kappa shape index (κ3) is 4.11. The lowest BCUT2D eigenvalue weighted by Crippen LogP contribution is -2.06. The predicted molar refractivity (Wildman–Crippen MR) is 66.2 cm³/mol. The number of benzene rings is 1. The average molecular weight is 242 g/mol. The maximum Gasteiger partial charge on any atom is 0.338 e. The van der Waals surface area contributed by atoms with Crippen LogP contribution in [0.15, 0.2) is 24.3 Å². The molecule has 0 aliphatic carbocycles. The summed E-state index contributed by atoms with van der Waals surface area (Å²) in [5.74, 6) is 0.341. The molecular weight excluding hydrogens is 226 g/mol. The van der Waals surface area contributed by atoms with Gasteiger partial charge in [-0.2, -0.15) is 0 Å². The van der Waals surface area contributed by atoms with Crippen LogP contribution in [0.4, 0.5) is 5.69 Å². The standard InChI is InChI=1S/C12H16ClNO2/c1-2-16-12(15)10-5-3-6-11(9-10)14-8-4-7-13/h3,5-6,9,14H,2,4,7-8H2,1H3. The van der Waals surface area contributed by atoms with Gasteiger partial charge >= 0.3 is 5.97 Å². The van der Waals surface area contributed by atoms with Crippen molar-refractivity contribution in [3.63, 3.8) is 0 Å². The minimum absolute atomic E-state index is 0.288. The largest absolute Gasteiger partial charge is 0.462 e. The minimum atomic E-state index is -0.288. The predicted octanol–water partition coefficient (Wildman–Crippen LogP) is 2.90. The van der Waals surface area contributed by atoms with Crippen molar-refractivity contribution in [1.29, 1.82) is 0 Å². The molecule has 3 nitrogen and oxygen atoms in total. The molecule has 16 heavy (non-hydrogen) atoms. The lowest BCUT2D eigenvalue weighted by atomic mass is 10.2. The Kier molecular flexibility index (Phi) is 5.72. The number of esters is 1. The Hall–Kier alpha value is -1.22. The van der Waals surface area contributed by atoms with Gasteiger partial charge < -0.3 is 10.1 Å². The molecule has 0 atom stereocenters. The van der Waals surface area contributed by atoms with Crippen LogP contribution in [0.2, 0.25) is 0 Å². The summed E-state index contributed by atoms with van der Waals surface area (Å²) in [7, 11) is 0. The second-order valence-corrected chi connectivity index (χ2v) is 3.65. The molecule has 0 aliphatic rings. The molecule has 0 unspecified atom stereocenters. The zero-order valence-electron chi connectivity index (χ0n) is 9.33. The summed E-state index contributed by atoms with van der Waals surface area (Å²) in [5.41, 5.74) is 1.48. The molecule has 1 rings (SSSR count). The number of hydrogen-bond acceptors (Lipinski definition) is 3. The van der Waals surface area contributed by atoms with Gasteiger partial charge in [0, 0.05) is 18.1 Å². The number of hydrogen-bond donors (Lipinski definition) is 1. The lowest BCUT2D eigenvalue weighted by molar-refractivity contribution is 0.0526. The van der Waals surface area contributed by atoms with Crippen LogP contribution >= 0.6 is 11.6 Å². The molecule has 0 aromatic heterocycles. The molecule has 0 bridgehead atoms. The summed E-state index contributed by atoms with van der Waals surface area (Å²) in [6.45, 7) is 2.99. The molecule has 0 heterocycles. The van der Waals surface area contributed by atoms with Gasteiger partial charge in [0.25, 0.3) is 0 Å². The monoisotopic (exact) mass is 241 g/mol. The summed E-state index contributed by atoms with van der Waals surface area (Å²) in [4.78, 5) is 11.5. The van der Waals surface area contributed by atoms with Gasteiger partial charge in [-0.25, -0.2) is 4.79 Å². The van der Waals surface area contributed by atoms with Gasteiger partial charge in [-0.05, 0) is 31.5 Å². The van der Waals surface area contributed by atoms with Crippen molar-refractivity contribution in [3.8, 4) is 0 Å². The first-order chi connectivity index (χ1) is 7.77. The van der Waals surface area contributed by atoms with Crippen LogP contribution in [-0.4, -0.2) is 25.0 Å². The fourth-order valence-corrected chi connectivity index (χ4v) is 1.40. The van der Waals surface area contributed by atoms with Crippen molar-refractivity contribution in [2.24, 2.45) is 0 Å². The van der Waals surface area contributed by atoms with Crippen molar-refractivity contribution in [2.75, 3.05) is 24.3 Å². The smallest absolute Gasteiger partial charge is 0.338 e. The van der Waals surface area contributed by atoms with Crippen LogP contribution < -0.4 is 5.32 Å². The van der Waals surface area contributed by atoms with E-state index in [4.69, 9.17) is 16.3 Å². The van der Waals surface area contributed by atoms with Gasteiger partial charge in [0.1, 0.15) is 0 Å². The van der Waals surface area contributed by atoms with E-state index in [0.717, 1.165) is 18.7 Å². The highest BCUT2D eigenvalue weighted by molar-refractivity contribution is 6.17. The first kappa shape index (κ1) is 12.8. The molecule has 1 aromatic rings. The maximum atomic E-state index is 11.5. The first-order valence-electron chi connectivity index (χ1n) is 5.35. The zero-order chi connectivity index (χ0) is 11.8. The molecular formula is C12H16ClNO2. The number of carbonyl (C=O) groups excluding carboxylic acids is 1. The third-order valence-electron chi connectivity index (χ3n) is 2.01. The van der Waals surface area contributed by atoms with E-state index in [2.05, 4.69) is 5.32 Å². The topological polar surface area (TPSA) is 38.3 Å². The molecule has 0 fully saturated rings. The Morgan fingerprint density at radius 1 is 1.50 bits per heavy atom. The van der Waals surface area contributed by atoms with Gasteiger partial charge in [0.2, 0.25) is 0 Å². The SMILES string of the molecule is CCOC(=O)c1cccc(NCCCCl)c1. The fourth-order valence-electron chi connectivity index (χ4n) is 1.27. The number of alkyl halides is 1. The average Bonchev–Trinajstić information content (AvgIpc) is 2.30. The summed E-state index contributed by atoms with van der Waals surface area (Å²) >= 11 is 5.58. The molecule has 0 spiro atoms. The van der Waals surface area contributed by atoms with Crippen molar-refractivity contribution in [3.05, 3.63) is 29.8 Å². The maximum absolute atomic E-state index is 11.5. The van der Waals surface area contributed by atoms with E-state index in [1.807, 2.05) is 12.1 Å². The van der Waals surface area contributed by atoms with E-state index in [9.17, 15) is 4.79 Å². The normalized spacial score (nSPS) is 9.88. The van der Waals surface area contributed by atoms with Crippen LogP contribution in [-0.2, 0) is 4.74 Å². The molecule has 88 valence electrons. The number of anilines is 1. The Morgan fingerprint density at radius 2 is 2.31 bits per heavy atom. The minimum Gasteiger partial charge on any atom is -0.462 e. The van der Waals surface area contributed by atoms with E-state index in [0.29, 0.717) is 18.1 Å². The highest BCUT2D eigenvalue weighted by atomic mass is 35.5. The highest BCUT2D eigenvalue weighted by Crippen LogP contribution is 2.11. The number of nitrogens with one attached hydrogen (secondary N) is 1. The highest BCUT2D eigenvalue weighted by Gasteiger charge is 2.05. The molecule has 1 N–H and O–H groups in total. The molecule has 0 saturated carbocycles. The van der Waals surface area contributed by atoms with Crippen molar-refractivity contribution in [2.45, 2.75) is 13.3 Å². The first-order valence-corrected chi connectivity index (χ1v) is 5.88. The van der Waals surface area contributed by atoms with Crippen LogP contribution in [0.25, 0.3) is 0 Å². The molecule has 0 saturated heterocycles. The third-order valence-corrected chi connectivity index (χ3v) is 2.28. The van der Waals surface area contributed by atoms with E-state index < -0.39 is 0 Å². The van der Waals surface area contributed by atoms with Gasteiger partial charge in [0.05, 0.1) is 12.2 Å². The number of ether oxygens (including phenoxy) is 1. The van der Waals surface area contributed by atoms with E-state index in [1.54, 1.807) is 19.1 Å². The van der Waals surface area contributed by atoms with Crippen LogP contribution in [0.3, 0.4) is 0 Å². The van der Waals surface area contributed by atoms with Gasteiger partial charge in [-0.1, -0.05) is 6.07 Å². The Morgan fingerprint density at radius 3 is 3.00 bits per heavy atom. The lowest BCUT2D eigenvalue weighted by Gasteiger charge is -2.07. The quantitative estimate of drug-likeness (QED) is 0.473. The van der Waals surface area contributed by atoms with Gasteiger partial charge in [-0.3, -0.25) is 0 Å². The molecule has 0 amide bonds. The molecule has 0 radical (unpaired) electrons. The van der Waals surface area contributed by atoms with Gasteiger partial charge in [0.15, 0.2) is 0 Å². The summed E-state index contributed by atoms with van der Waals surface area (Å²) < 4.78 is 4.92. The van der Waals surface area contributed by atoms with Crippen LogP contribution in [0.5, 0.6) is 0 Å². The molecule has 4 heteroatoms. The van der Waals surface area contributed by atoms with Gasteiger partial charge in [-0.15, -0.1) is 11.6 Å². The second-order valence-electron chi connectivity index (χ2n) is 3.27. The van der Waals surface area contributed by atoms with Crippen LogP contribution in [0, 0.1) is 0 Å². The summed E-state index contributed by atoms with van der Waals surface area (Å²) in [6.07, 6.45) is 0.894. The number of carbonyl (C=O) groups is 1. The number of rotatable bonds is 6. The van der Waals surface area contributed by atoms with Crippen molar-refractivity contribution >= 4 is 23.3 Å². The summed E-state index contributed by atoms with van der Waals surface area (Å²) in [5, 5.41) is 3.19. The zero-order valence-corrected chi connectivity index (χ0v) is 10.1. The number of halogens is 1. The van der Waals surface area contributed by atoms with Crippen molar-refractivity contribution < 1.29 is 9.53 Å². The summed E-state index contributed by atoms with van der Waals surface area (Å²) in [6, 6.07) is 7.27. The Bertz CT molecular complexity index is 342. The molecule has 0 aliphatic heterocycles. The van der Waals surface area contributed by atoms with Crippen molar-refractivity contribution in [1.82, 2.24) is 0 Å². The fraction of sp³-hybridized carbons (Fsp3) is 0.417. The van der Waals surface area contributed by atoms with E-state index >= 15 is 0 Å². The Balaban J connectivity index is 2.60. The second kappa shape index (κ2) is 7.12. The van der Waals surface area contributed by atoms with Crippen LogP contribution in [0.1, 0.15) is 23.7 Å². The molecule has 1 aromatic carbocycles. The Labute approximate surface area is 101 Å². The van der Waals surface area contributed by atoms with E-state index in [-0.39, 0.29) is 5.97 Å².